The van der Waals surface area contributed by atoms with Crippen LogP contribution in [0.1, 0.15) is 93.4 Å². The fourth-order valence-corrected chi connectivity index (χ4v) is 5.11. The lowest BCUT2D eigenvalue weighted by atomic mass is 9.96. The molecule has 0 aliphatic rings. The largest absolute Gasteiger partial charge is 0.462 e. The van der Waals surface area contributed by atoms with Crippen LogP contribution in [0.2, 0.25) is 0 Å². The van der Waals surface area contributed by atoms with E-state index in [-0.39, 0.29) is 42.3 Å². The van der Waals surface area contributed by atoms with E-state index >= 15 is 0 Å². The van der Waals surface area contributed by atoms with Crippen LogP contribution in [0.25, 0.3) is 0 Å². The molecule has 0 saturated heterocycles. The van der Waals surface area contributed by atoms with Crippen molar-refractivity contribution in [2.75, 3.05) is 45.2 Å². The van der Waals surface area contributed by atoms with Crippen molar-refractivity contribution in [2.45, 2.75) is 110 Å². The molecule has 0 spiro atoms. The summed E-state index contributed by atoms with van der Waals surface area (Å²) in [4.78, 5) is 61.3. The fraction of sp³-hybridized carbons (Fsp3) is 0.774. The summed E-state index contributed by atoms with van der Waals surface area (Å²) in [6.45, 7) is 14.2. The minimum atomic E-state index is -0.708. The molecule has 0 rings (SSSR count). The van der Waals surface area contributed by atoms with Crippen LogP contribution in [0.5, 0.6) is 0 Å². The summed E-state index contributed by atoms with van der Waals surface area (Å²) < 4.78 is 15.2. The van der Waals surface area contributed by atoms with Gasteiger partial charge in [-0.1, -0.05) is 20.8 Å². The predicted octanol–water partition coefficient (Wildman–Crippen LogP) is 3.23. The van der Waals surface area contributed by atoms with Gasteiger partial charge in [-0.25, -0.2) is 0 Å². The number of carbonyl (C=O) groups excluding carboxylic acids is 5. The summed E-state index contributed by atoms with van der Waals surface area (Å²) in [7, 11) is 0. The van der Waals surface area contributed by atoms with Crippen LogP contribution in [0.15, 0.2) is 0 Å². The van der Waals surface area contributed by atoms with Crippen molar-refractivity contribution in [3.8, 4) is 12.3 Å². The zero-order chi connectivity index (χ0) is 32.9. The first-order chi connectivity index (χ1) is 20.1. The Hall–Kier alpha value is -2.78. The first-order valence-corrected chi connectivity index (χ1v) is 15.9. The standard InChI is InChI=1S/C31H53N3O8S/c1-9-11-12-13-27(37)32-17-15-30(5,6)34(29(39)10-2)19-16-31(7,8)43-21-14-28(38)33-18-20-40-22-26(42-25(4)36)23-41-24(3)35/h1,26H,10-23H2,2-8H3,(H,32,37)(H,33,38). The Balaban J connectivity index is 4.53. The van der Waals surface area contributed by atoms with Gasteiger partial charge in [0.25, 0.3) is 0 Å². The molecule has 0 heterocycles. The van der Waals surface area contributed by atoms with Gasteiger partial charge < -0.3 is 29.7 Å². The van der Waals surface area contributed by atoms with Crippen LogP contribution in [0.3, 0.4) is 0 Å². The summed E-state index contributed by atoms with van der Waals surface area (Å²) in [6, 6.07) is 0. The number of nitrogens with zero attached hydrogens (tertiary/aromatic N) is 1. The molecule has 11 nitrogen and oxygen atoms in total. The van der Waals surface area contributed by atoms with E-state index in [0.29, 0.717) is 63.9 Å². The van der Waals surface area contributed by atoms with Crippen molar-refractivity contribution in [3.05, 3.63) is 0 Å². The number of hydrogen-bond donors (Lipinski definition) is 2. The zero-order valence-electron chi connectivity index (χ0n) is 27.2. The van der Waals surface area contributed by atoms with E-state index in [1.54, 1.807) is 11.8 Å². The minimum absolute atomic E-state index is 0.0299. The molecule has 0 aliphatic heterocycles. The highest BCUT2D eigenvalue weighted by atomic mass is 32.2. The molecule has 0 aromatic rings. The highest BCUT2D eigenvalue weighted by molar-refractivity contribution is 8.00. The number of nitrogens with one attached hydrogen (secondary N) is 2. The molecule has 0 aromatic heterocycles. The molecule has 43 heavy (non-hydrogen) atoms. The molecular formula is C31H53N3O8S. The maximum absolute atomic E-state index is 12.8. The third-order valence-corrected chi connectivity index (χ3v) is 7.95. The smallest absolute Gasteiger partial charge is 0.303 e. The van der Waals surface area contributed by atoms with Gasteiger partial charge in [-0.2, -0.15) is 11.8 Å². The molecule has 0 fully saturated rings. The van der Waals surface area contributed by atoms with Gasteiger partial charge >= 0.3 is 11.9 Å². The number of carbonyl (C=O) groups is 5. The normalized spacial score (nSPS) is 12.0. The third-order valence-electron chi connectivity index (χ3n) is 6.55. The van der Waals surface area contributed by atoms with Crippen molar-refractivity contribution >= 4 is 41.4 Å². The average molecular weight is 628 g/mol. The maximum Gasteiger partial charge on any atom is 0.303 e. The molecule has 0 radical (unpaired) electrons. The Bertz CT molecular complexity index is 932. The van der Waals surface area contributed by atoms with Gasteiger partial charge in [-0.3, -0.25) is 24.0 Å². The van der Waals surface area contributed by atoms with Crippen molar-refractivity contribution in [1.82, 2.24) is 15.5 Å². The Morgan fingerprint density at radius 3 is 2.19 bits per heavy atom. The molecular weight excluding hydrogens is 574 g/mol. The highest BCUT2D eigenvalue weighted by Gasteiger charge is 2.31. The first kappa shape index (κ1) is 40.2. The second kappa shape index (κ2) is 21.8. The number of ether oxygens (including phenoxy) is 3. The van der Waals surface area contributed by atoms with Gasteiger partial charge in [0.1, 0.15) is 6.61 Å². The molecule has 0 bridgehead atoms. The van der Waals surface area contributed by atoms with E-state index < -0.39 is 23.6 Å². The van der Waals surface area contributed by atoms with Crippen LogP contribution < -0.4 is 10.6 Å². The van der Waals surface area contributed by atoms with Gasteiger partial charge in [-0.15, -0.1) is 12.3 Å². The Morgan fingerprint density at radius 1 is 0.930 bits per heavy atom. The van der Waals surface area contributed by atoms with Gasteiger partial charge in [0, 0.05) is 75.2 Å². The number of unbranched alkanes of at least 4 members (excludes halogenated alkanes) is 1. The van der Waals surface area contributed by atoms with Crippen molar-refractivity contribution in [2.24, 2.45) is 0 Å². The number of esters is 2. The SMILES string of the molecule is C#CCCCC(=O)NCCC(C)(C)N(CCC(C)(C)SCCC(=O)NCCOCC(COC(C)=O)OC(C)=O)C(=O)CC. The van der Waals surface area contributed by atoms with E-state index in [4.69, 9.17) is 20.6 Å². The monoisotopic (exact) mass is 627 g/mol. The number of rotatable bonds is 23. The average Bonchev–Trinajstić information content (AvgIpc) is 2.90. The second-order valence-corrected chi connectivity index (χ2v) is 13.2. The molecule has 0 aromatic carbocycles. The topological polar surface area (TPSA) is 140 Å². The number of hydrogen-bond acceptors (Lipinski definition) is 9. The fourth-order valence-electron chi connectivity index (χ4n) is 4.04. The zero-order valence-corrected chi connectivity index (χ0v) is 28.0. The van der Waals surface area contributed by atoms with Gasteiger partial charge in [0.05, 0.1) is 13.2 Å². The summed E-state index contributed by atoms with van der Waals surface area (Å²) >= 11 is 1.68. The molecule has 0 aliphatic carbocycles. The van der Waals surface area contributed by atoms with Crippen LogP contribution in [-0.2, 0) is 38.2 Å². The molecule has 0 saturated carbocycles. The van der Waals surface area contributed by atoms with Crippen molar-refractivity contribution < 1.29 is 38.2 Å². The summed E-state index contributed by atoms with van der Waals surface area (Å²) in [6.07, 6.45) is 8.28. The molecule has 2 N–H and O–H groups in total. The first-order valence-electron chi connectivity index (χ1n) is 14.9. The van der Waals surface area contributed by atoms with Crippen LogP contribution in [-0.4, -0.2) is 96.2 Å². The van der Waals surface area contributed by atoms with E-state index in [1.807, 2.05) is 25.7 Å². The molecule has 246 valence electrons. The summed E-state index contributed by atoms with van der Waals surface area (Å²) in [5, 5.41) is 5.74. The van der Waals surface area contributed by atoms with Gasteiger partial charge in [0.15, 0.2) is 6.10 Å². The van der Waals surface area contributed by atoms with Crippen LogP contribution in [0.4, 0.5) is 0 Å². The minimum Gasteiger partial charge on any atom is -0.462 e. The van der Waals surface area contributed by atoms with Crippen LogP contribution >= 0.6 is 11.8 Å². The van der Waals surface area contributed by atoms with E-state index in [0.717, 1.165) is 6.42 Å². The number of thioether (sulfide) groups is 1. The number of amides is 3. The lowest BCUT2D eigenvalue weighted by Gasteiger charge is -2.40. The van der Waals surface area contributed by atoms with E-state index in [2.05, 4.69) is 30.4 Å². The van der Waals surface area contributed by atoms with Crippen molar-refractivity contribution in [1.29, 1.82) is 0 Å². The maximum atomic E-state index is 12.8. The van der Waals surface area contributed by atoms with Crippen LogP contribution in [0, 0.1) is 12.3 Å². The van der Waals surface area contributed by atoms with Gasteiger partial charge in [0.2, 0.25) is 17.7 Å². The summed E-state index contributed by atoms with van der Waals surface area (Å²) in [5.74, 6) is 2.10. The quantitative estimate of drug-likeness (QED) is 0.0993. The second-order valence-electron chi connectivity index (χ2n) is 11.4. The highest BCUT2D eigenvalue weighted by Crippen LogP contribution is 2.31. The molecule has 3 amide bonds. The Labute approximate surface area is 262 Å². The predicted molar refractivity (Wildman–Crippen MR) is 168 cm³/mol. The summed E-state index contributed by atoms with van der Waals surface area (Å²) in [5.41, 5.74) is -0.430. The third kappa shape index (κ3) is 20.7. The lowest BCUT2D eigenvalue weighted by Crippen LogP contribution is -2.50. The number of terminal acetylenes is 1. The Morgan fingerprint density at radius 2 is 1.58 bits per heavy atom. The van der Waals surface area contributed by atoms with E-state index in [1.165, 1.54) is 13.8 Å². The molecule has 12 heteroatoms. The van der Waals surface area contributed by atoms with E-state index in [9.17, 15) is 24.0 Å². The van der Waals surface area contributed by atoms with Gasteiger partial charge in [-0.05, 0) is 33.1 Å². The Kier molecular flexibility index (Phi) is 20.4. The molecule has 1 unspecified atom stereocenters. The lowest BCUT2D eigenvalue weighted by molar-refractivity contribution is -0.159. The van der Waals surface area contributed by atoms with Crippen molar-refractivity contribution in [3.63, 3.8) is 0 Å². The molecule has 1 atom stereocenters.